The van der Waals surface area contributed by atoms with Crippen LogP contribution in [0, 0.1) is 13.8 Å². The first-order chi connectivity index (χ1) is 11.0. The summed E-state index contributed by atoms with van der Waals surface area (Å²) in [4.78, 5) is 11.2. The third-order valence-corrected chi connectivity index (χ3v) is 4.69. The van der Waals surface area contributed by atoms with Gasteiger partial charge in [-0.2, -0.15) is 0 Å². The normalized spacial score (nSPS) is 17.2. The summed E-state index contributed by atoms with van der Waals surface area (Å²) in [7, 11) is 0. The maximum atomic E-state index is 11.2. The highest BCUT2D eigenvalue weighted by Crippen LogP contribution is 2.64. The molecule has 0 amide bonds. The Morgan fingerprint density at radius 2 is 1.26 bits per heavy atom. The fourth-order valence-electron chi connectivity index (χ4n) is 3.59. The smallest absolute Gasteiger partial charge is 0.143 e. The van der Waals surface area contributed by atoms with Gasteiger partial charge in [0.05, 0.1) is 5.41 Å². The summed E-state index contributed by atoms with van der Waals surface area (Å²) >= 11 is 0. The molecule has 3 rings (SSSR count). The zero-order valence-electron chi connectivity index (χ0n) is 14.2. The SMILES string of the molecule is CC(C)=C1/C(=C\C=O)C1(c1ccc(C)cc1)c1ccc(C)cc1. The van der Waals surface area contributed by atoms with Crippen LogP contribution in [-0.2, 0) is 10.2 Å². The first-order valence-electron chi connectivity index (χ1n) is 8.00. The first kappa shape index (κ1) is 15.5. The molecular formula is C22H22O. The molecule has 1 heteroatoms. The first-order valence-corrected chi connectivity index (χ1v) is 8.00. The number of carbonyl (C=O) groups excluding carboxylic acids is 1. The standard InChI is InChI=1S/C22H22O/c1-15(2)21-20(13-14-23)22(21,18-9-5-16(3)6-10-18)19-11-7-17(4)8-12-19/h5-14H,1-4H3/b20-13+. The predicted molar refractivity (Wildman–Crippen MR) is 95.7 cm³/mol. The van der Waals surface area contributed by atoms with Gasteiger partial charge in [0.2, 0.25) is 0 Å². The molecule has 0 bridgehead atoms. The van der Waals surface area contributed by atoms with E-state index >= 15 is 0 Å². The maximum Gasteiger partial charge on any atom is 0.143 e. The molecule has 116 valence electrons. The quantitative estimate of drug-likeness (QED) is 0.572. The third kappa shape index (κ3) is 2.37. The highest BCUT2D eigenvalue weighted by molar-refractivity contribution is 5.86. The van der Waals surface area contributed by atoms with Gasteiger partial charge in [0.1, 0.15) is 6.29 Å². The molecule has 0 heterocycles. The lowest BCUT2D eigenvalue weighted by Gasteiger charge is -2.17. The van der Waals surface area contributed by atoms with Crippen LogP contribution in [0.2, 0.25) is 0 Å². The van der Waals surface area contributed by atoms with Crippen LogP contribution in [0.5, 0.6) is 0 Å². The van der Waals surface area contributed by atoms with E-state index in [-0.39, 0.29) is 5.41 Å². The van der Waals surface area contributed by atoms with E-state index in [1.165, 1.54) is 33.4 Å². The second-order valence-corrected chi connectivity index (χ2v) is 6.57. The van der Waals surface area contributed by atoms with E-state index in [0.717, 1.165) is 11.9 Å². The van der Waals surface area contributed by atoms with E-state index < -0.39 is 0 Å². The second kappa shape index (κ2) is 5.66. The minimum absolute atomic E-state index is 0.263. The van der Waals surface area contributed by atoms with E-state index in [2.05, 4.69) is 76.2 Å². The molecule has 0 N–H and O–H groups in total. The lowest BCUT2D eigenvalue weighted by Crippen LogP contribution is -2.10. The Morgan fingerprint density at radius 1 is 0.826 bits per heavy atom. The Hall–Kier alpha value is -2.41. The van der Waals surface area contributed by atoms with Crippen LogP contribution in [0.4, 0.5) is 0 Å². The van der Waals surface area contributed by atoms with Crippen molar-refractivity contribution < 1.29 is 4.79 Å². The van der Waals surface area contributed by atoms with Crippen molar-refractivity contribution in [3.05, 3.63) is 93.6 Å². The summed E-state index contributed by atoms with van der Waals surface area (Å²) in [5, 5.41) is 0. The number of aldehydes is 1. The van der Waals surface area contributed by atoms with Crippen molar-refractivity contribution in [2.75, 3.05) is 0 Å². The molecule has 0 aromatic heterocycles. The molecule has 23 heavy (non-hydrogen) atoms. The van der Waals surface area contributed by atoms with E-state index in [1.807, 2.05) is 0 Å². The molecule has 1 saturated carbocycles. The van der Waals surface area contributed by atoms with E-state index in [0.29, 0.717) is 0 Å². The number of aryl methyl sites for hydroxylation is 2. The van der Waals surface area contributed by atoms with Crippen LogP contribution < -0.4 is 0 Å². The van der Waals surface area contributed by atoms with E-state index in [1.54, 1.807) is 6.08 Å². The molecule has 1 aliphatic carbocycles. The highest BCUT2D eigenvalue weighted by Gasteiger charge is 2.57. The van der Waals surface area contributed by atoms with Crippen molar-refractivity contribution in [2.45, 2.75) is 33.1 Å². The Bertz CT molecular complexity index is 753. The third-order valence-electron chi connectivity index (χ3n) is 4.69. The Labute approximate surface area is 138 Å². The molecule has 0 radical (unpaired) electrons. The van der Waals surface area contributed by atoms with Crippen molar-refractivity contribution in [3.63, 3.8) is 0 Å². The molecule has 2 aromatic rings. The van der Waals surface area contributed by atoms with Gasteiger partial charge in [-0.25, -0.2) is 0 Å². The van der Waals surface area contributed by atoms with Gasteiger partial charge >= 0.3 is 0 Å². The molecular weight excluding hydrogens is 280 g/mol. The van der Waals surface area contributed by atoms with Gasteiger partial charge < -0.3 is 0 Å². The summed E-state index contributed by atoms with van der Waals surface area (Å²) < 4.78 is 0. The van der Waals surface area contributed by atoms with Crippen molar-refractivity contribution in [1.29, 1.82) is 0 Å². The average molecular weight is 302 g/mol. The van der Waals surface area contributed by atoms with Gasteiger partial charge in [-0.1, -0.05) is 65.2 Å². The molecule has 1 aliphatic rings. The second-order valence-electron chi connectivity index (χ2n) is 6.57. The summed E-state index contributed by atoms with van der Waals surface area (Å²) in [6, 6.07) is 17.3. The van der Waals surface area contributed by atoms with E-state index in [4.69, 9.17) is 0 Å². The van der Waals surface area contributed by atoms with Crippen molar-refractivity contribution in [1.82, 2.24) is 0 Å². The summed E-state index contributed by atoms with van der Waals surface area (Å²) in [5.74, 6) is 0. The summed E-state index contributed by atoms with van der Waals surface area (Å²) in [5.41, 5.74) is 8.35. The Balaban J connectivity index is 2.29. The minimum Gasteiger partial charge on any atom is -0.299 e. The van der Waals surface area contributed by atoms with Crippen molar-refractivity contribution in [2.24, 2.45) is 0 Å². The summed E-state index contributed by atoms with van der Waals surface area (Å²) in [6.45, 7) is 8.44. The molecule has 0 aliphatic heterocycles. The van der Waals surface area contributed by atoms with Gasteiger partial charge in [0.15, 0.2) is 0 Å². The number of allylic oxidation sites excluding steroid dienone is 4. The lowest BCUT2D eigenvalue weighted by molar-refractivity contribution is -0.104. The topological polar surface area (TPSA) is 17.1 Å². The molecule has 0 saturated heterocycles. The number of benzene rings is 2. The number of hydrogen-bond donors (Lipinski definition) is 0. The predicted octanol–water partition coefficient (Wildman–Crippen LogP) is 5.06. The Kier molecular flexibility index (Phi) is 3.81. The monoisotopic (exact) mass is 302 g/mol. The summed E-state index contributed by atoms with van der Waals surface area (Å²) in [6.07, 6.45) is 2.63. The fraction of sp³-hybridized carbons (Fsp3) is 0.227. The highest BCUT2D eigenvalue weighted by atomic mass is 16.1. The minimum atomic E-state index is -0.263. The van der Waals surface area contributed by atoms with Crippen molar-refractivity contribution >= 4 is 6.29 Å². The number of rotatable bonds is 3. The largest absolute Gasteiger partial charge is 0.299 e. The van der Waals surface area contributed by atoms with Gasteiger partial charge in [-0.05, 0) is 56.0 Å². The molecule has 1 fully saturated rings. The van der Waals surface area contributed by atoms with Crippen molar-refractivity contribution in [3.8, 4) is 0 Å². The molecule has 0 atom stereocenters. The van der Waals surface area contributed by atoms with Crippen LogP contribution in [0.3, 0.4) is 0 Å². The van der Waals surface area contributed by atoms with Crippen LogP contribution in [0.15, 0.2) is 71.3 Å². The molecule has 1 nitrogen and oxygen atoms in total. The van der Waals surface area contributed by atoms with E-state index in [9.17, 15) is 4.79 Å². The lowest BCUT2D eigenvalue weighted by atomic mass is 9.85. The van der Waals surface area contributed by atoms with Crippen LogP contribution >= 0.6 is 0 Å². The van der Waals surface area contributed by atoms with Gasteiger partial charge in [-0.3, -0.25) is 4.79 Å². The fourth-order valence-corrected chi connectivity index (χ4v) is 3.59. The molecule has 0 spiro atoms. The maximum absolute atomic E-state index is 11.2. The molecule has 0 unspecified atom stereocenters. The van der Waals surface area contributed by atoms with Crippen LogP contribution in [-0.4, -0.2) is 6.29 Å². The average Bonchev–Trinajstić information content (AvgIpc) is 3.19. The zero-order chi connectivity index (χ0) is 16.6. The van der Waals surface area contributed by atoms with Crippen LogP contribution in [0.1, 0.15) is 36.1 Å². The van der Waals surface area contributed by atoms with Gasteiger partial charge in [0.25, 0.3) is 0 Å². The number of hydrogen-bond acceptors (Lipinski definition) is 1. The zero-order valence-corrected chi connectivity index (χ0v) is 14.2. The number of carbonyl (C=O) groups is 1. The van der Waals surface area contributed by atoms with Crippen LogP contribution in [0.25, 0.3) is 0 Å². The molecule has 2 aromatic carbocycles. The Morgan fingerprint density at radius 3 is 1.61 bits per heavy atom. The van der Waals surface area contributed by atoms with Gasteiger partial charge in [-0.15, -0.1) is 0 Å². The van der Waals surface area contributed by atoms with Gasteiger partial charge in [0, 0.05) is 0 Å².